The molecular weight excluding hydrogens is 288 g/mol. The van der Waals surface area contributed by atoms with E-state index in [2.05, 4.69) is 18.3 Å². The highest BCUT2D eigenvalue weighted by Crippen LogP contribution is 2.33. The molecule has 2 aromatic rings. The van der Waals surface area contributed by atoms with Crippen LogP contribution in [-0.2, 0) is 11.3 Å². The van der Waals surface area contributed by atoms with Crippen LogP contribution in [0.25, 0.3) is 0 Å². The standard InChI is InChI=1S/C19H22N2O2/c1-2-3-11-21-17-10-9-15(12-18(17)23-14-19(21)22)13-20-16-7-5-4-6-8-16/h4-10,12,20H,2-3,11,13-14H2,1H3. The Morgan fingerprint density at radius 1 is 1.17 bits per heavy atom. The molecule has 120 valence electrons. The van der Waals surface area contributed by atoms with Crippen molar-refractivity contribution in [2.24, 2.45) is 0 Å². The molecule has 0 saturated carbocycles. The number of carbonyl (C=O) groups excluding carboxylic acids is 1. The SMILES string of the molecule is CCCCN1C(=O)COc2cc(CNc3ccccc3)ccc21. The molecule has 0 bridgehead atoms. The molecule has 0 aliphatic carbocycles. The van der Waals surface area contributed by atoms with E-state index in [-0.39, 0.29) is 12.5 Å². The summed E-state index contributed by atoms with van der Waals surface area (Å²) in [6, 6.07) is 16.2. The van der Waals surface area contributed by atoms with E-state index >= 15 is 0 Å². The fraction of sp³-hybridized carbons (Fsp3) is 0.316. The molecule has 0 atom stereocenters. The van der Waals surface area contributed by atoms with Gasteiger partial charge >= 0.3 is 0 Å². The van der Waals surface area contributed by atoms with Crippen molar-refractivity contribution in [1.82, 2.24) is 0 Å². The summed E-state index contributed by atoms with van der Waals surface area (Å²) >= 11 is 0. The zero-order valence-electron chi connectivity index (χ0n) is 13.4. The highest BCUT2D eigenvalue weighted by Gasteiger charge is 2.24. The minimum absolute atomic E-state index is 0.0427. The summed E-state index contributed by atoms with van der Waals surface area (Å²) in [5.41, 5.74) is 3.11. The van der Waals surface area contributed by atoms with Crippen LogP contribution in [0, 0.1) is 0 Å². The maximum atomic E-state index is 12.0. The third-order valence-corrected chi connectivity index (χ3v) is 3.97. The lowest BCUT2D eigenvalue weighted by Gasteiger charge is -2.29. The summed E-state index contributed by atoms with van der Waals surface area (Å²) in [4.78, 5) is 13.9. The Balaban J connectivity index is 1.72. The Labute approximate surface area is 137 Å². The summed E-state index contributed by atoms with van der Waals surface area (Å²) in [6.07, 6.45) is 2.07. The van der Waals surface area contributed by atoms with E-state index in [0.29, 0.717) is 0 Å². The van der Waals surface area contributed by atoms with E-state index in [1.807, 2.05) is 47.4 Å². The lowest BCUT2D eigenvalue weighted by Crippen LogP contribution is -2.39. The van der Waals surface area contributed by atoms with Gasteiger partial charge in [0, 0.05) is 18.8 Å². The first-order valence-corrected chi connectivity index (χ1v) is 8.13. The first-order chi connectivity index (χ1) is 11.3. The summed E-state index contributed by atoms with van der Waals surface area (Å²) in [5, 5.41) is 3.39. The van der Waals surface area contributed by atoms with Gasteiger partial charge in [0.1, 0.15) is 5.75 Å². The van der Waals surface area contributed by atoms with Crippen LogP contribution in [0.5, 0.6) is 5.75 Å². The van der Waals surface area contributed by atoms with E-state index < -0.39 is 0 Å². The molecule has 0 unspecified atom stereocenters. The Morgan fingerprint density at radius 3 is 2.78 bits per heavy atom. The molecule has 1 N–H and O–H groups in total. The van der Waals surface area contributed by atoms with Gasteiger partial charge in [0.15, 0.2) is 6.61 Å². The molecule has 1 amide bonds. The van der Waals surface area contributed by atoms with Crippen LogP contribution < -0.4 is 15.0 Å². The van der Waals surface area contributed by atoms with Crippen molar-refractivity contribution >= 4 is 17.3 Å². The zero-order valence-corrected chi connectivity index (χ0v) is 13.4. The number of nitrogens with zero attached hydrogens (tertiary/aromatic N) is 1. The fourth-order valence-corrected chi connectivity index (χ4v) is 2.68. The lowest BCUT2D eigenvalue weighted by atomic mass is 10.1. The van der Waals surface area contributed by atoms with Crippen molar-refractivity contribution in [1.29, 1.82) is 0 Å². The van der Waals surface area contributed by atoms with Gasteiger partial charge in [-0.3, -0.25) is 4.79 Å². The van der Waals surface area contributed by atoms with Crippen molar-refractivity contribution < 1.29 is 9.53 Å². The zero-order chi connectivity index (χ0) is 16.1. The minimum Gasteiger partial charge on any atom is -0.482 e. The summed E-state index contributed by atoms with van der Waals surface area (Å²) in [6.45, 7) is 3.74. The average molecular weight is 310 g/mol. The minimum atomic E-state index is 0.0427. The molecule has 0 fully saturated rings. The molecule has 4 heteroatoms. The van der Waals surface area contributed by atoms with Crippen LogP contribution in [0.3, 0.4) is 0 Å². The topological polar surface area (TPSA) is 41.6 Å². The van der Waals surface area contributed by atoms with Crippen molar-refractivity contribution in [3.63, 3.8) is 0 Å². The predicted octanol–water partition coefficient (Wildman–Crippen LogP) is 3.82. The first-order valence-electron chi connectivity index (χ1n) is 8.13. The van der Waals surface area contributed by atoms with Gasteiger partial charge in [-0.1, -0.05) is 37.6 Å². The molecule has 1 heterocycles. The van der Waals surface area contributed by atoms with Crippen molar-refractivity contribution in [2.75, 3.05) is 23.4 Å². The van der Waals surface area contributed by atoms with Crippen LogP contribution in [0.2, 0.25) is 0 Å². The number of amides is 1. The molecule has 0 spiro atoms. The van der Waals surface area contributed by atoms with Crippen LogP contribution in [-0.4, -0.2) is 19.1 Å². The number of fused-ring (bicyclic) bond motifs is 1. The van der Waals surface area contributed by atoms with Gasteiger partial charge in [-0.25, -0.2) is 0 Å². The number of hydrogen-bond donors (Lipinski definition) is 1. The molecule has 2 aromatic carbocycles. The lowest BCUT2D eigenvalue weighted by molar-refractivity contribution is -0.121. The third-order valence-electron chi connectivity index (χ3n) is 3.97. The maximum absolute atomic E-state index is 12.0. The fourth-order valence-electron chi connectivity index (χ4n) is 2.68. The van der Waals surface area contributed by atoms with Gasteiger partial charge in [0.25, 0.3) is 5.91 Å². The molecular formula is C19H22N2O2. The molecule has 3 rings (SSSR count). The second kappa shape index (κ2) is 7.18. The Bertz CT molecular complexity index is 670. The molecule has 1 aliphatic heterocycles. The number of nitrogens with one attached hydrogen (secondary N) is 1. The molecule has 0 radical (unpaired) electrons. The largest absolute Gasteiger partial charge is 0.482 e. The average Bonchev–Trinajstić information content (AvgIpc) is 2.60. The highest BCUT2D eigenvalue weighted by atomic mass is 16.5. The van der Waals surface area contributed by atoms with Crippen molar-refractivity contribution in [3.05, 3.63) is 54.1 Å². The van der Waals surface area contributed by atoms with E-state index in [0.717, 1.165) is 48.6 Å². The molecule has 1 aliphatic rings. The normalized spacial score (nSPS) is 13.4. The van der Waals surface area contributed by atoms with Gasteiger partial charge in [0.05, 0.1) is 5.69 Å². The summed E-state index contributed by atoms with van der Waals surface area (Å²) < 4.78 is 5.62. The van der Waals surface area contributed by atoms with Gasteiger partial charge in [-0.05, 0) is 36.2 Å². The maximum Gasteiger partial charge on any atom is 0.265 e. The van der Waals surface area contributed by atoms with Gasteiger partial charge < -0.3 is 15.0 Å². The second-order valence-corrected chi connectivity index (χ2v) is 5.71. The van der Waals surface area contributed by atoms with Gasteiger partial charge in [-0.2, -0.15) is 0 Å². The smallest absolute Gasteiger partial charge is 0.265 e. The quantitative estimate of drug-likeness (QED) is 0.882. The molecule has 4 nitrogen and oxygen atoms in total. The van der Waals surface area contributed by atoms with E-state index in [1.165, 1.54) is 0 Å². The van der Waals surface area contributed by atoms with Gasteiger partial charge in [0.2, 0.25) is 0 Å². The van der Waals surface area contributed by atoms with E-state index in [4.69, 9.17) is 4.74 Å². The first kappa shape index (κ1) is 15.4. The number of rotatable bonds is 6. The Morgan fingerprint density at radius 2 is 2.00 bits per heavy atom. The molecule has 0 saturated heterocycles. The Kier molecular flexibility index (Phi) is 4.81. The molecule has 23 heavy (non-hydrogen) atoms. The van der Waals surface area contributed by atoms with Gasteiger partial charge in [-0.15, -0.1) is 0 Å². The van der Waals surface area contributed by atoms with Crippen molar-refractivity contribution in [2.45, 2.75) is 26.3 Å². The monoisotopic (exact) mass is 310 g/mol. The van der Waals surface area contributed by atoms with Crippen LogP contribution in [0.1, 0.15) is 25.3 Å². The number of para-hydroxylation sites is 1. The summed E-state index contributed by atoms with van der Waals surface area (Å²) in [7, 11) is 0. The number of ether oxygens (including phenoxy) is 1. The van der Waals surface area contributed by atoms with Crippen LogP contribution in [0.4, 0.5) is 11.4 Å². The molecule has 0 aromatic heterocycles. The Hall–Kier alpha value is -2.49. The van der Waals surface area contributed by atoms with Crippen LogP contribution >= 0.6 is 0 Å². The number of hydrogen-bond acceptors (Lipinski definition) is 3. The highest BCUT2D eigenvalue weighted by molar-refractivity contribution is 5.97. The second-order valence-electron chi connectivity index (χ2n) is 5.71. The number of carbonyl (C=O) groups is 1. The van der Waals surface area contributed by atoms with Crippen LogP contribution in [0.15, 0.2) is 48.5 Å². The number of unbranched alkanes of at least 4 members (excludes halogenated alkanes) is 1. The third kappa shape index (κ3) is 3.65. The summed E-state index contributed by atoms with van der Waals surface area (Å²) in [5.74, 6) is 0.842. The van der Waals surface area contributed by atoms with E-state index in [9.17, 15) is 4.79 Å². The van der Waals surface area contributed by atoms with Crippen molar-refractivity contribution in [3.8, 4) is 5.75 Å². The predicted molar refractivity (Wildman–Crippen MR) is 93.0 cm³/mol. The van der Waals surface area contributed by atoms with E-state index in [1.54, 1.807) is 0 Å². The number of benzene rings is 2. The number of anilines is 2.